The van der Waals surface area contributed by atoms with E-state index in [4.69, 9.17) is 16.3 Å². The van der Waals surface area contributed by atoms with Crippen LogP contribution in [0, 0.1) is 0 Å². The zero-order valence-electron chi connectivity index (χ0n) is 13.3. The first kappa shape index (κ1) is 17.9. The maximum absolute atomic E-state index is 12.2. The molecule has 1 amide bonds. The van der Waals surface area contributed by atoms with Crippen molar-refractivity contribution >= 4 is 17.5 Å². The Bertz CT molecular complexity index is 842. The van der Waals surface area contributed by atoms with Gasteiger partial charge >= 0.3 is 5.69 Å². The average molecular weight is 353 g/mol. The normalized spacial score (nSPS) is 10.6. The summed E-state index contributed by atoms with van der Waals surface area (Å²) in [4.78, 5) is 36.5. The van der Waals surface area contributed by atoms with Gasteiger partial charge in [0.25, 0.3) is 11.5 Å². The van der Waals surface area contributed by atoms with Gasteiger partial charge in [-0.1, -0.05) is 11.6 Å². The molecule has 0 aliphatic heterocycles. The largest absolute Gasteiger partial charge is 0.385 e. The lowest BCUT2D eigenvalue weighted by Crippen LogP contribution is -2.44. The van der Waals surface area contributed by atoms with Gasteiger partial charge in [-0.25, -0.2) is 4.79 Å². The molecule has 0 spiro atoms. The van der Waals surface area contributed by atoms with E-state index in [1.807, 2.05) is 0 Å². The number of carbonyl (C=O) groups is 1. The van der Waals surface area contributed by atoms with Crippen LogP contribution in [0.25, 0.3) is 5.69 Å². The fourth-order valence-corrected chi connectivity index (χ4v) is 2.09. The number of aromatic nitrogens is 3. The van der Waals surface area contributed by atoms with Crippen LogP contribution < -0.4 is 16.6 Å². The fourth-order valence-electron chi connectivity index (χ4n) is 1.97. The van der Waals surface area contributed by atoms with Crippen LogP contribution in [-0.4, -0.2) is 40.5 Å². The molecule has 9 heteroatoms. The van der Waals surface area contributed by atoms with Crippen LogP contribution in [0.5, 0.6) is 0 Å². The number of carbonyl (C=O) groups excluding carboxylic acids is 1. The lowest BCUT2D eigenvalue weighted by Gasteiger charge is -2.09. The molecular formula is C15H17ClN4O4. The van der Waals surface area contributed by atoms with Crippen molar-refractivity contribution in [2.24, 2.45) is 7.05 Å². The molecule has 0 aliphatic rings. The van der Waals surface area contributed by atoms with Gasteiger partial charge < -0.3 is 10.1 Å². The highest BCUT2D eigenvalue weighted by molar-refractivity contribution is 6.30. The van der Waals surface area contributed by atoms with E-state index in [-0.39, 0.29) is 5.69 Å². The van der Waals surface area contributed by atoms with Gasteiger partial charge in [-0.15, -0.1) is 0 Å². The summed E-state index contributed by atoms with van der Waals surface area (Å²) in [5, 5.41) is 6.99. The van der Waals surface area contributed by atoms with E-state index in [1.54, 1.807) is 31.4 Å². The molecule has 0 atom stereocenters. The molecule has 0 unspecified atom stereocenters. The minimum atomic E-state index is -0.755. The Morgan fingerprint density at radius 3 is 2.58 bits per heavy atom. The van der Waals surface area contributed by atoms with Gasteiger partial charge in [-0.3, -0.25) is 14.2 Å². The van der Waals surface area contributed by atoms with Gasteiger partial charge in [0.05, 0.1) is 5.69 Å². The molecule has 0 radical (unpaired) electrons. The van der Waals surface area contributed by atoms with E-state index < -0.39 is 17.2 Å². The molecule has 128 valence electrons. The lowest BCUT2D eigenvalue weighted by molar-refractivity contribution is 0.0939. The molecule has 0 aliphatic carbocycles. The zero-order valence-corrected chi connectivity index (χ0v) is 14.0. The van der Waals surface area contributed by atoms with E-state index >= 15 is 0 Å². The van der Waals surface area contributed by atoms with E-state index in [0.717, 1.165) is 9.25 Å². The predicted molar refractivity (Wildman–Crippen MR) is 88.9 cm³/mol. The van der Waals surface area contributed by atoms with E-state index in [1.165, 1.54) is 7.05 Å². The van der Waals surface area contributed by atoms with Crippen LogP contribution in [0.1, 0.15) is 16.9 Å². The summed E-state index contributed by atoms with van der Waals surface area (Å²) in [6.45, 7) is 0.813. The average Bonchev–Trinajstić information content (AvgIpc) is 2.58. The second kappa shape index (κ2) is 7.89. The minimum Gasteiger partial charge on any atom is -0.385 e. The third-order valence-electron chi connectivity index (χ3n) is 3.27. The molecule has 2 rings (SSSR count). The Morgan fingerprint density at radius 2 is 1.96 bits per heavy atom. The summed E-state index contributed by atoms with van der Waals surface area (Å²) in [6.07, 6.45) is 0.597. The lowest BCUT2D eigenvalue weighted by atomic mass is 10.3. The highest BCUT2D eigenvalue weighted by Crippen LogP contribution is 2.10. The van der Waals surface area contributed by atoms with Gasteiger partial charge in [0.15, 0.2) is 0 Å². The first-order valence-electron chi connectivity index (χ1n) is 7.19. The first-order valence-corrected chi connectivity index (χ1v) is 7.57. The SMILES string of the molecule is COCCCNC(=O)c1nn(-c2ccc(Cl)cc2)c(=O)n(C)c1=O. The summed E-state index contributed by atoms with van der Waals surface area (Å²) in [6, 6.07) is 6.31. The standard InChI is InChI=1S/C15H17ClN4O4/c1-19-14(22)12(13(21)17-8-3-9-24-2)18-20(15(19)23)11-6-4-10(16)5-7-11/h4-7H,3,8-9H2,1-2H3,(H,17,21). The molecule has 0 bridgehead atoms. The quantitative estimate of drug-likeness (QED) is 0.757. The Labute approximate surface area is 142 Å². The van der Waals surface area contributed by atoms with Crippen LogP contribution in [0.4, 0.5) is 0 Å². The predicted octanol–water partition coefficient (Wildman–Crippen LogP) is 0.351. The molecule has 8 nitrogen and oxygen atoms in total. The summed E-state index contributed by atoms with van der Waals surface area (Å²) in [7, 11) is 2.85. The maximum atomic E-state index is 12.2. The van der Waals surface area contributed by atoms with Gasteiger partial charge in [0, 0.05) is 32.3 Å². The molecule has 24 heavy (non-hydrogen) atoms. The topological polar surface area (TPSA) is 95.2 Å². The third kappa shape index (κ3) is 3.90. The van der Waals surface area contributed by atoms with Crippen molar-refractivity contribution in [3.8, 4) is 5.69 Å². The number of hydrogen-bond donors (Lipinski definition) is 1. The van der Waals surface area contributed by atoms with Crippen LogP contribution in [-0.2, 0) is 11.8 Å². The van der Waals surface area contributed by atoms with Gasteiger partial charge in [-0.2, -0.15) is 9.78 Å². The summed E-state index contributed by atoms with van der Waals surface area (Å²) in [5.74, 6) is -0.644. The number of nitrogens with zero attached hydrogens (tertiary/aromatic N) is 3. The molecule has 1 N–H and O–H groups in total. The van der Waals surface area contributed by atoms with Crippen molar-refractivity contribution in [1.82, 2.24) is 19.7 Å². The summed E-state index contributed by atoms with van der Waals surface area (Å²) < 4.78 is 6.71. The summed E-state index contributed by atoms with van der Waals surface area (Å²) >= 11 is 5.82. The molecule has 1 aromatic carbocycles. The van der Waals surface area contributed by atoms with E-state index in [9.17, 15) is 14.4 Å². The second-order valence-electron chi connectivity index (χ2n) is 4.99. The van der Waals surface area contributed by atoms with Gasteiger partial charge in [0.1, 0.15) is 0 Å². The Morgan fingerprint density at radius 1 is 1.29 bits per heavy atom. The number of benzene rings is 1. The van der Waals surface area contributed by atoms with Gasteiger partial charge in [-0.05, 0) is 30.7 Å². The maximum Gasteiger partial charge on any atom is 0.351 e. The molecule has 0 saturated carbocycles. The van der Waals surface area contributed by atoms with Crippen LogP contribution in [0.2, 0.25) is 5.02 Å². The zero-order chi connectivity index (χ0) is 17.7. The van der Waals surface area contributed by atoms with Crippen LogP contribution in [0.3, 0.4) is 0 Å². The van der Waals surface area contributed by atoms with Gasteiger partial charge in [0.2, 0.25) is 5.69 Å². The van der Waals surface area contributed by atoms with Crippen molar-refractivity contribution < 1.29 is 9.53 Å². The molecule has 0 fully saturated rings. The number of rotatable bonds is 6. The van der Waals surface area contributed by atoms with Crippen LogP contribution in [0.15, 0.2) is 33.9 Å². The number of nitrogens with one attached hydrogen (secondary N) is 1. The molecule has 1 heterocycles. The fraction of sp³-hybridized carbons (Fsp3) is 0.333. The number of ether oxygens (including phenoxy) is 1. The molecular weight excluding hydrogens is 336 g/mol. The number of amides is 1. The minimum absolute atomic E-state index is 0.331. The smallest absolute Gasteiger partial charge is 0.351 e. The number of methoxy groups -OCH3 is 1. The Balaban J connectivity index is 2.39. The van der Waals surface area contributed by atoms with Crippen molar-refractivity contribution in [3.63, 3.8) is 0 Å². The number of halogens is 1. The summed E-state index contributed by atoms with van der Waals surface area (Å²) in [5.41, 5.74) is -1.37. The molecule has 1 aromatic heterocycles. The van der Waals surface area contributed by atoms with Crippen LogP contribution >= 0.6 is 11.6 Å². The van der Waals surface area contributed by atoms with E-state index in [0.29, 0.717) is 30.3 Å². The number of hydrogen-bond acceptors (Lipinski definition) is 5. The second-order valence-corrected chi connectivity index (χ2v) is 5.42. The van der Waals surface area contributed by atoms with Crippen molar-refractivity contribution in [2.75, 3.05) is 20.3 Å². The highest BCUT2D eigenvalue weighted by Gasteiger charge is 2.18. The van der Waals surface area contributed by atoms with E-state index in [2.05, 4.69) is 10.4 Å². The highest BCUT2D eigenvalue weighted by atomic mass is 35.5. The monoisotopic (exact) mass is 352 g/mol. The Kier molecular flexibility index (Phi) is 5.88. The van der Waals surface area contributed by atoms with Crippen molar-refractivity contribution in [1.29, 1.82) is 0 Å². The molecule has 2 aromatic rings. The third-order valence-corrected chi connectivity index (χ3v) is 3.52. The van der Waals surface area contributed by atoms with Crippen molar-refractivity contribution in [3.05, 3.63) is 55.8 Å². The Hall–Kier alpha value is -2.45. The van der Waals surface area contributed by atoms with Crippen molar-refractivity contribution in [2.45, 2.75) is 6.42 Å². The first-order chi connectivity index (χ1) is 11.5. The molecule has 0 saturated heterocycles.